The van der Waals surface area contributed by atoms with Crippen LogP contribution in [0.4, 0.5) is 10.5 Å². The molecule has 3 heterocycles. The SMILES string of the molecule is CC(C)(C)OC(=O)N1CCN(c2cnc3nc(O)cc(Cl)c3c2)CC1C1CC1. The minimum atomic E-state index is -0.500. The van der Waals surface area contributed by atoms with Crippen molar-refractivity contribution in [2.75, 3.05) is 24.5 Å². The Morgan fingerprint density at radius 3 is 2.71 bits per heavy atom. The molecule has 1 amide bonds. The summed E-state index contributed by atoms with van der Waals surface area (Å²) in [6.45, 7) is 7.71. The average Bonchev–Trinajstić information content (AvgIpc) is 3.44. The van der Waals surface area contributed by atoms with E-state index in [1.165, 1.54) is 6.07 Å². The van der Waals surface area contributed by atoms with Crippen LogP contribution in [0.15, 0.2) is 18.3 Å². The van der Waals surface area contributed by atoms with Crippen molar-refractivity contribution in [3.8, 4) is 5.88 Å². The summed E-state index contributed by atoms with van der Waals surface area (Å²) in [6, 6.07) is 3.50. The number of ether oxygens (including phenoxy) is 1. The van der Waals surface area contributed by atoms with E-state index in [4.69, 9.17) is 16.3 Å². The number of fused-ring (bicyclic) bond motifs is 1. The van der Waals surface area contributed by atoms with E-state index in [0.29, 0.717) is 35.1 Å². The van der Waals surface area contributed by atoms with Gasteiger partial charge in [-0.25, -0.2) is 9.78 Å². The van der Waals surface area contributed by atoms with Crippen LogP contribution in [0.2, 0.25) is 5.02 Å². The molecule has 0 bridgehead atoms. The van der Waals surface area contributed by atoms with Gasteiger partial charge >= 0.3 is 6.09 Å². The number of rotatable bonds is 2. The summed E-state index contributed by atoms with van der Waals surface area (Å²) in [5, 5.41) is 10.7. The Bertz CT molecular complexity index is 910. The fourth-order valence-electron chi connectivity index (χ4n) is 3.69. The molecule has 1 aliphatic heterocycles. The van der Waals surface area contributed by atoms with Gasteiger partial charge in [0.15, 0.2) is 5.65 Å². The number of hydrogen-bond acceptors (Lipinski definition) is 6. The Kier molecular flexibility index (Phi) is 4.73. The number of nitrogens with zero attached hydrogens (tertiary/aromatic N) is 4. The monoisotopic (exact) mass is 404 g/mol. The molecular formula is C20H25ClN4O3. The number of anilines is 1. The molecule has 1 saturated heterocycles. The molecule has 0 spiro atoms. The van der Waals surface area contributed by atoms with Crippen LogP contribution in [0, 0.1) is 5.92 Å². The molecular weight excluding hydrogens is 380 g/mol. The van der Waals surface area contributed by atoms with E-state index in [9.17, 15) is 9.90 Å². The lowest BCUT2D eigenvalue weighted by Gasteiger charge is -2.42. The number of halogens is 1. The summed E-state index contributed by atoms with van der Waals surface area (Å²) < 4.78 is 5.62. The van der Waals surface area contributed by atoms with Gasteiger partial charge in [-0.1, -0.05) is 11.6 Å². The second-order valence-corrected chi connectivity index (χ2v) is 8.96. The maximum absolute atomic E-state index is 12.7. The average molecular weight is 405 g/mol. The molecule has 0 radical (unpaired) electrons. The third kappa shape index (κ3) is 3.94. The molecule has 1 aliphatic carbocycles. The van der Waals surface area contributed by atoms with Crippen molar-refractivity contribution in [1.82, 2.24) is 14.9 Å². The predicted molar refractivity (Wildman–Crippen MR) is 108 cm³/mol. The first kappa shape index (κ1) is 19.1. The van der Waals surface area contributed by atoms with Gasteiger partial charge in [0.05, 0.1) is 22.9 Å². The lowest BCUT2D eigenvalue weighted by Crippen LogP contribution is -2.57. The van der Waals surface area contributed by atoms with E-state index in [2.05, 4.69) is 14.9 Å². The van der Waals surface area contributed by atoms with Crippen molar-refractivity contribution in [2.24, 2.45) is 5.92 Å². The highest BCUT2D eigenvalue weighted by Crippen LogP contribution is 2.38. The lowest BCUT2D eigenvalue weighted by molar-refractivity contribution is 0.0116. The zero-order chi connectivity index (χ0) is 20.1. The van der Waals surface area contributed by atoms with Crippen LogP contribution < -0.4 is 4.90 Å². The summed E-state index contributed by atoms with van der Waals surface area (Å²) in [4.78, 5) is 25.2. The van der Waals surface area contributed by atoms with Crippen LogP contribution in [-0.2, 0) is 4.74 Å². The van der Waals surface area contributed by atoms with E-state index < -0.39 is 5.60 Å². The molecule has 2 fully saturated rings. The molecule has 150 valence electrons. The molecule has 0 aromatic carbocycles. The van der Waals surface area contributed by atoms with Crippen LogP contribution in [0.5, 0.6) is 5.88 Å². The normalized spacial score (nSPS) is 20.5. The number of hydrogen-bond donors (Lipinski definition) is 1. The largest absolute Gasteiger partial charge is 0.493 e. The third-order valence-electron chi connectivity index (χ3n) is 5.16. The second kappa shape index (κ2) is 6.95. The van der Waals surface area contributed by atoms with Gasteiger partial charge in [-0.2, -0.15) is 4.98 Å². The van der Waals surface area contributed by atoms with Crippen molar-refractivity contribution < 1.29 is 14.6 Å². The standard InChI is InChI=1S/C20H25ClN4O3/c1-20(2,3)28-19(27)25-7-6-24(11-16(25)12-4-5-12)13-8-14-15(21)9-17(26)23-18(14)22-10-13/h8-10,12,16H,4-7,11H2,1-3H3,(H,22,23,26). The number of carbonyl (C=O) groups is 1. The molecule has 2 aliphatic rings. The van der Waals surface area contributed by atoms with Crippen LogP contribution in [0.25, 0.3) is 11.0 Å². The van der Waals surface area contributed by atoms with Gasteiger partial charge in [-0.3, -0.25) is 0 Å². The number of carbonyl (C=O) groups excluding carboxylic acids is 1. The van der Waals surface area contributed by atoms with E-state index in [1.807, 2.05) is 31.7 Å². The topological polar surface area (TPSA) is 78.8 Å². The number of aromatic nitrogens is 2. The summed E-state index contributed by atoms with van der Waals surface area (Å²) in [6.07, 6.45) is 3.80. The highest BCUT2D eigenvalue weighted by Gasteiger charge is 2.42. The zero-order valence-corrected chi connectivity index (χ0v) is 17.1. The van der Waals surface area contributed by atoms with Gasteiger partial charge in [-0.15, -0.1) is 0 Å². The Morgan fingerprint density at radius 2 is 2.04 bits per heavy atom. The van der Waals surface area contributed by atoms with Crippen molar-refractivity contribution >= 4 is 34.4 Å². The number of aromatic hydroxyl groups is 1. The van der Waals surface area contributed by atoms with E-state index >= 15 is 0 Å². The van der Waals surface area contributed by atoms with E-state index in [1.54, 1.807) is 6.20 Å². The fourth-order valence-corrected chi connectivity index (χ4v) is 3.93. The van der Waals surface area contributed by atoms with Gasteiger partial charge in [0.2, 0.25) is 5.88 Å². The minimum Gasteiger partial charge on any atom is -0.493 e. The summed E-state index contributed by atoms with van der Waals surface area (Å²) in [5.41, 5.74) is 0.858. The highest BCUT2D eigenvalue weighted by atomic mass is 35.5. The van der Waals surface area contributed by atoms with Crippen molar-refractivity contribution in [2.45, 2.75) is 45.3 Å². The van der Waals surface area contributed by atoms with Crippen molar-refractivity contribution in [3.63, 3.8) is 0 Å². The molecule has 1 unspecified atom stereocenters. The second-order valence-electron chi connectivity index (χ2n) is 8.55. The first-order valence-corrected chi connectivity index (χ1v) is 9.99. The Morgan fingerprint density at radius 1 is 1.29 bits per heavy atom. The van der Waals surface area contributed by atoms with Crippen LogP contribution in [0.1, 0.15) is 33.6 Å². The molecule has 7 nitrogen and oxygen atoms in total. The number of pyridine rings is 2. The van der Waals surface area contributed by atoms with Crippen LogP contribution in [0.3, 0.4) is 0 Å². The van der Waals surface area contributed by atoms with Gasteiger partial charge in [0, 0.05) is 31.1 Å². The molecule has 1 atom stereocenters. The zero-order valence-electron chi connectivity index (χ0n) is 16.4. The van der Waals surface area contributed by atoms with Gasteiger partial charge in [0.25, 0.3) is 0 Å². The lowest BCUT2D eigenvalue weighted by atomic mass is 10.1. The quantitative estimate of drug-likeness (QED) is 0.819. The first-order valence-electron chi connectivity index (χ1n) is 9.61. The molecule has 2 aromatic rings. The molecule has 4 rings (SSSR count). The van der Waals surface area contributed by atoms with E-state index in [-0.39, 0.29) is 18.0 Å². The van der Waals surface area contributed by atoms with Gasteiger partial charge in [-0.05, 0) is 45.6 Å². The Balaban J connectivity index is 1.56. The van der Waals surface area contributed by atoms with Gasteiger partial charge < -0.3 is 19.6 Å². The molecule has 8 heteroatoms. The Labute approximate surface area is 169 Å². The number of amides is 1. The number of piperazine rings is 1. The highest BCUT2D eigenvalue weighted by molar-refractivity contribution is 6.35. The summed E-state index contributed by atoms with van der Waals surface area (Å²) in [5.74, 6) is 0.378. The first-order chi connectivity index (χ1) is 13.2. The predicted octanol–water partition coefficient (Wildman–Crippen LogP) is 3.82. The minimum absolute atomic E-state index is 0.132. The Hall–Kier alpha value is -2.28. The summed E-state index contributed by atoms with van der Waals surface area (Å²) >= 11 is 6.26. The van der Waals surface area contributed by atoms with Gasteiger partial charge in [0.1, 0.15) is 5.60 Å². The maximum Gasteiger partial charge on any atom is 0.410 e. The van der Waals surface area contributed by atoms with Crippen LogP contribution in [-0.4, -0.2) is 57.3 Å². The maximum atomic E-state index is 12.7. The van der Waals surface area contributed by atoms with Crippen LogP contribution >= 0.6 is 11.6 Å². The molecule has 1 saturated carbocycles. The molecule has 28 heavy (non-hydrogen) atoms. The molecule has 2 aromatic heterocycles. The molecule has 1 N–H and O–H groups in total. The third-order valence-corrected chi connectivity index (χ3v) is 5.48. The van der Waals surface area contributed by atoms with Crippen molar-refractivity contribution in [1.29, 1.82) is 0 Å². The summed E-state index contributed by atoms with van der Waals surface area (Å²) in [7, 11) is 0. The van der Waals surface area contributed by atoms with Crippen molar-refractivity contribution in [3.05, 3.63) is 23.4 Å². The smallest absolute Gasteiger partial charge is 0.410 e. The van der Waals surface area contributed by atoms with E-state index in [0.717, 1.165) is 25.1 Å². The fraction of sp³-hybridized carbons (Fsp3) is 0.550.